The fourth-order valence-electron chi connectivity index (χ4n) is 2.27. The maximum Gasteiger partial charge on any atom is 0.127 e. The smallest absolute Gasteiger partial charge is 0.127 e. The van der Waals surface area contributed by atoms with Gasteiger partial charge in [-0.15, -0.1) is 0 Å². The monoisotopic (exact) mass is 225 g/mol. The SMILES string of the molecule is CC1(C)C=Cc2cc(C3(C#N)CC3)ccc2O1. The number of rotatable bonds is 1. The molecular formula is C15H15NO. The predicted molar refractivity (Wildman–Crippen MR) is 66.7 cm³/mol. The second-order valence-corrected chi connectivity index (χ2v) is 5.49. The fraction of sp³-hybridized carbons (Fsp3) is 0.400. The molecule has 0 N–H and O–H groups in total. The molecule has 0 spiro atoms. The van der Waals surface area contributed by atoms with Crippen LogP contribution in [0.25, 0.3) is 6.08 Å². The van der Waals surface area contributed by atoms with Crippen molar-refractivity contribution in [3.05, 3.63) is 35.4 Å². The summed E-state index contributed by atoms with van der Waals surface area (Å²) in [5.41, 5.74) is 1.77. The molecule has 0 amide bonds. The zero-order valence-corrected chi connectivity index (χ0v) is 10.2. The number of nitriles is 1. The molecule has 0 unspecified atom stereocenters. The molecule has 1 aromatic carbocycles. The summed E-state index contributed by atoms with van der Waals surface area (Å²) < 4.78 is 5.87. The lowest BCUT2D eigenvalue weighted by Gasteiger charge is -2.28. The Balaban J connectivity index is 2.02. The first kappa shape index (κ1) is 10.4. The van der Waals surface area contributed by atoms with Crippen molar-refractivity contribution in [2.75, 3.05) is 0 Å². The molecule has 0 radical (unpaired) electrons. The highest BCUT2D eigenvalue weighted by Crippen LogP contribution is 2.48. The number of benzene rings is 1. The van der Waals surface area contributed by atoms with Gasteiger partial charge in [-0.2, -0.15) is 5.26 Å². The minimum absolute atomic E-state index is 0.212. The van der Waals surface area contributed by atoms with E-state index in [0.29, 0.717) is 0 Å². The van der Waals surface area contributed by atoms with Crippen LogP contribution in [0.5, 0.6) is 5.75 Å². The van der Waals surface area contributed by atoms with E-state index >= 15 is 0 Å². The van der Waals surface area contributed by atoms with Crippen molar-refractivity contribution >= 4 is 6.08 Å². The van der Waals surface area contributed by atoms with E-state index in [1.165, 1.54) is 0 Å². The third-order valence-corrected chi connectivity index (χ3v) is 3.56. The molecule has 1 heterocycles. The quantitative estimate of drug-likeness (QED) is 0.733. The molecule has 2 heteroatoms. The van der Waals surface area contributed by atoms with E-state index in [0.717, 1.165) is 29.7 Å². The summed E-state index contributed by atoms with van der Waals surface area (Å²) in [6, 6.07) is 8.55. The molecule has 86 valence electrons. The van der Waals surface area contributed by atoms with Crippen LogP contribution in [0.3, 0.4) is 0 Å². The topological polar surface area (TPSA) is 33.0 Å². The standard InChI is InChI=1S/C15H15NO/c1-14(2)6-5-11-9-12(3-4-13(11)17-14)15(10-16)7-8-15/h3-6,9H,7-8H2,1-2H3. The second kappa shape index (κ2) is 3.13. The van der Waals surface area contributed by atoms with Gasteiger partial charge in [-0.1, -0.05) is 12.1 Å². The van der Waals surface area contributed by atoms with Crippen molar-refractivity contribution in [1.82, 2.24) is 0 Å². The zero-order chi connectivity index (χ0) is 12.1. The van der Waals surface area contributed by atoms with Crippen LogP contribution >= 0.6 is 0 Å². The van der Waals surface area contributed by atoms with E-state index < -0.39 is 0 Å². The van der Waals surface area contributed by atoms with Gasteiger partial charge in [0.05, 0.1) is 11.5 Å². The van der Waals surface area contributed by atoms with E-state index in [2.05, 4.69) is 24.3 Å². The lowest BCUT2D eigenvalue weighted by Crippen LogP contribution is -2.27. The Labute approximate surface area is 102 Å². The van der Waals surface area contributed by atoms with E-state index in [-0.39, 0.29) is 11.0 Å². The molecule has 1 aliphatic heterocycles. The average molecular weight is 225 g/mol. The van der Waals surface area contributed by atoms with Crippen molar-refractivity contribution in [2.24, 2.45) is 0 Å². The lowest BCUT2D eigenvalue weighted by molar-refractivity contribution is 0.159. The first-order valence-corrected chi connectivity index (χ1v) is 5.99. The number of nitrogens with zero attached hydrogens (tertiary/aromatic N) is 1. The van der Waals surface area contributed by atoms with Crippen molar-refractivity contribution < 1.29 is 4.74 Å². The van der Waals surface area contributed by atoms with Crippen LogP contribution in [0.4, 0.5) is 0 Å². The van der Waals surface area contributed by atoms with Crippen LogP contribution < -0.4 is 4.74 Å². The fourth-order valence-corrected chi connectivity index (χ4v) is 2.27. The van der Waals surface area contributed by atoms with Crippen LogP contribution in [-0.2, 0) is 5.41 Å². The van der Waals surface area contributed by atoms with Crippen molar-refractivity contribution in [3.8, 4) is 11.8 Å². The summed E-state index contributed by atoms with van der Waals surface area (Å²) in [6.07, 6.45) is 6.12. The Morgan fingerprint density at radius 2 is 2.06 bits per heavy atom. The summed E-state index contributed by atoms with van der Waals surface area (Å²) in [5, 5.41) is 9.20. The molecule has 1 aromatic rings. The Kier molecular flexibility index (Phi) is 1.92. The van der Waals surface area contributed by atoms with Crippen LogP contribution in [0.2, 0.25) is 0 Å². The molecule has 2 aliphatic rings. The maximum absolute atomic E-state index is 9.20. The Morgan fingerprint density at radius 3 is 2.71 bits per heavy atom. The normalized spacial score (nSPS) is 22.2. The van der Waals surface area contributed by atoms with Crippen LogP contribution in [0, 0.1) is 11.3 Å². The second-order valence-electron chi connectivity index (χ2n) is 5.49. The molecule has 17 heavy (non-hydrogen) atoms. The lowest BCUT2D eigenvalue weighted by atomic mass is 9.93. The summed E-state index contributed by atoms with van der Waals surface area (Å²) in [5.74, 6) is 0.912. The summed E-state index contributed by atoms with van der Waals surface area (Å²) in [7, 11) is 0. The summed E-state index contributed by atoms with van der Waals surface area (Å²) in [6.45, 7) is 4.08. The molecular weight excluding hydrogens is 210 g/mol. The van der Waals surface area contributed by atoms with Gasteiger partial charge in [-0.3, -0.25) is 0 Å². The van der Waals surface area contributed by atoms with Crippen molar-refractivity contribution in [2.45, 2.75) is 37.7 Å². The highest BCUT2D eigenvalue weighted by molar-refractivity contribution is 5.63. The van der Waals surface area contributed by atoms with E-state index in [1.807, 2.05) is 26.0 Å². The molecule has 2 nitrogen and oxygen atoms in total. The Bertz CT molecular complexity index is 545. The third-order valence-electron chi connectivity index (χ3n) is 3.56. The maximum atomic E-state index is 9.20. The molecule has 0 atom stereocenters. The summed E-state index contributed by atoms with van der Waals surface area (Å²) >= 11 is 0. The van der Waals surface area contributed by atoms with Gasteiger partial charge < -0.3 is 4.74 Å². The van der Waals surface area contributed by atoms with Crippen LogP contribution in [-0.4, -0.2) is 5.60 Å². The highest BCUT2D eigenvalue weighted by Gasteiger charge is 2.45. The molecule has 3 rings (SSSR count). The predicted octanol–water partition coefficient (Wildman–Crippen LogP) is 3.43. The summed E-state index contributed by atoms with van der Waals surface area (Å²) in [4.78, 5) is 0. The van der Waals surface area contributed by atoms with Crippen LogP contribution in [0.1, 0.15) is 37.8 Å². The Hall–Kier alpha value is -1.75. The largest absolute Gasteiger partial charge is 0.483 e. The molecule has 1 fully saturated rings. The zero-order valence-electron chi connectivity index (χ0n) is 10.2. The van der Waals surface area contributed by atoms with Gasteiger partial charge in [0.25, 0.3) is 0 Å². The van der Waals surface area contributed by atoms with Crippen LogP contribution in [0.15, 0.2) is 24.3 Å². The number of fused-ring (bicyclic) bond motifs is 1. The minimum atomic E-state index is -0.235. The van der Waals surface area contributed by atoms with E-state index in [9.17, 15) is 5.26 Å². The molecule has 0 aromatic heterocycles. The first-order valence-electron chi connectivity index (χ1n) is 5.99. The van der Waals surface area contributed by atoms with Gasteiger partial charge in [-0.05, 0) is 50.5 Å². The van der Waals surface area contributed by atoms with Gasteiger partial charge in [0.2, 0.25) is 0 Å². The van der Waals surface area contributed by atoms with E-state index in [4.69, 9.17) is 4.74 Å². The Morgan fingerprint density at radius 1 is 1.29 bits per heavy atom. The van der Waals surface area contributed by atoms with Crippen molar-refractivity contribution in [1.29, 1.82) is 5.26 Å². The van der Waals surface area contributed by atoms with Gasteiger partial charge in [0, 0.05) is 5.56 Å². The number of hydrogen-bond acceptors (Lipinski definition) is 2. The molecule has 1 saturated carbocycles. The number of hydrogen-bond donors (Lipinski definition) is 0. The minimum Gasteiger partial charge on any atom is -0.483 e. The van der Waals surface area contributed by atoms with E-state index in [1.54, 1.807) is 0 Å². The first-order chi connectivity index (χ1) is 8.05. The van der Waals surface area contributed by atoms with Gasteiger partial charge in [0.1, 0.15) is 11.4 Å². The van der Waals surface area contributed by atoms with Gasteiger partial charge in [0.15, 0.2) is 0 Å². The third kappa shape index (κ3) is 1.63. The number of ether oxygens (including phenoxy) is 1. The molecule has 1 aliphatic carbocycles. The molecule has 0 bridgehead atoms. The van der Waals surface area contributed by atoms with Gasteiger partial charge >= 0.3 is 0 Å². The molecule has 0 saturated heterocycles. The van der Waals surface area contributed by atoms with Gasteiger partial charge in [-0.25, -0.2) is 0 Å². The van der Waals surface area contributed by atoms with Crippen molar-refractivity contribution in [3.63, 3.8) is 0 Å². The average Bonchev–Trinajstić information content (AvgIpc) is 3.08. The highest BCUT2D eigenvalue weighted by atomic mass is 16.5.